The zero-order chi connectivity index (χ0) is 14.0. The van der Waals surface area contributed by atoms with Crippen molar-refractivity contribution in [3.8, 4) is 0 Å². The molecule has 2 rings (SSSR count). The van der Waals surface area contributed by atoms with E-state index in [9.17, 15) is 0 Å². The molecule has 98 valence electrons. The Labute approximate surface area is 115 Å². The second-order valence-electron chi connectivity index (χ2n) is 5.10. The molecule has 2 aromatic rings. The molecule has 0 saturated heterocycles. The fourth-order valence-corrected chi connectivity index (χ4v) is 2.34. The van der Waals surface area contributed by atoms with E-state index in [1.54, 1.807) is 0 Å². The molecule has 0 aliphatic carbocycles. The second kappa shape index (κ2) is 5.35. The Morgan fingerprint density at radius 2 is 1.53 bits per heavy atom. The Kier molecular flexibility index (Phi) is 3.79. The van der Waals surface area contributed by atoms with Gasteiger partial charge in [-0.05, 0) is 69.0 Å². The molecule has 0 aliphatic heterocycles. The van der Waals surface area contributed by atoms with Crippen molar-refractivity contribution in [1.82, 2.24) is 9.97 Å². The van der Waals surface area contributed by atoms with Gasteiger partial charge in [-0.15, -0.1) is 0 Å². The lowest BCUT2D eigenvalue weighted by Gasteiger charge is -2.06. The molecule has 0 amide bonds. The number of hydrogen-bond donors (Lipinski definition) is 0. The lowest BCUT2D eigenvalue weighted by atomic mass is 10.0. The van der Waals surface area contributed by atoms with Crippen LogP contribution in [0.3, 0.4) is 0 Å². The van der Waals surface area contributed by atoms with Crippen LogP contribution in [0.2, 0.25) is 0 Å². The summed E-state index contributed by atoms with van der Waals surface area (Å²) in [5, 5.41) is 0. The van der Waals surface area contributed by atoms with Gasteiger partial charge in [-0.3, -0.25) is 9.97 Å². The Bertz CT molecular complexity index is 617. The molecule has 2 nitrogen and oxygen atoms in total. The van der Waals surface area contributed by atoms with Crippen LogP contribution in [0.5, 0.6) is 0 Å². The zero-order valence-corrected chi connectivity index (χ0v) is 12.3. The summed E-state index contributed by atoms with van der Waals surface area (Å²) in [6.07, 6.45) is 6.18. The summed E-state index contributed by atoms with van der Waals surface area (Å²) in [5.74, 6) is 0. The molecule has 0 radical (unpaired) electrons. The van der Waals surface area contributed by atoms with E-state index in [1.165, 1.54) is 16.7 Å². The van der Waals surface area contributed by atoms with Crippen molar-refractivity contribution in [2.75, 3.05) is 0 Å². The predicted molar refractivity (Wildman–Crippen MR) is 81.1 cm³/mol. The van der Waals surface area contributed by atoms with Crippen molar-refractivity contribution in [2.45, 2.75) is 34.6 Å². The topological polar surface area (TPSA) is 25.8 Å². The SMILES string of the molecule is Cc1cc(C)c(/C=C/c2c(C)cc(C)nc2C)cn1. The number of aromatic nitrogens is 2. The summed E-state index contributed by atoms with van der Waals surface area (Å²) in [5.41, 5.74) is 8.07. The fraction of sp³-hybridized carbons (Fsp3) is 0.294. The van der Waals surface area contributed by atoms with Crippen LogP contribution in [-0.4, -0.2) is 9.97 Å². The van der Waals surface area contributed by atoms with Crippen molar-refractivity contribution in [2.24, 2.45) is 0 Å². The average Bonchev–Trinajstić information content (AvgIpc) is 2.30. The summed E-state index contributed by atoms with van der Waals surface area (Å²) >= 11 is 0. The first kappa shape index (κ1) is 13.5. The third kappa shape index (κ3) is 3.08. The van der Waals surface area contributed by atoms with Crippen molar-refractivity contribution >= 4 is 12.2 Å². The van der Waals surface area contributed by atoms with Gasteiger partial charge in [0.1, 0.15) is 0 Å². The van der Waals surface area contributed by atoms with Gasteiger partial charge in [0.25, 0.3) is 0 Å². The van der Waals surface area contributed by atoms with Gasteiger partial charge < -0.3 is 0 Å². The molecule has 0 atom stereocenters. The van der Waals surface area contributed by atoms with Crippen LogP contribution in [0.25, 0.3) is 12.2 Å². The van der Waals surface area contributed by atoms with Gasteiger partial charge in [-0.1, -0.05) is 12.2 Å². The highest BCUT2D eigenvalue weighted by molar-refractivity contribution is 5.73. The van der Waals surface area contributed by atoms with E-state index in [0.29, 0.717) is 0 Å². The van der Waals surface area contributed by atoms with Gasteiger partial charge in [-0.25, -0.2) is 0 Å². The minimum atomic E-state index is 1.05. The molecule has 0 spiro atoms. The molecule has 0 bridgehead atoms. The maximum absolute atomic E-state index is 4.52. The van der Waals surface area contributed by atoms with E-state index in [0.717, 1.165) is 22.6 Å². The average molecular weight is 252 g/mol. The van der Waals surface area contributed by atoms with Crippen LogP contribution in [-0.2, 0) is 0 Å². The van der Waals surface area contributed by atoms with Gasteiger partial charge in [0.05, 0.1) is 0 Å². The molecular weight excluding hydrogens is 232 g/mol. The van der Waals surface area contributed by atoms with E-state index < -0.39 is 0 Å². The van der Waals surface area contributed by atoms with Crippen molar-refractivity contribution in [3.63, 3.8) is 0 Å². The first-order valence-corrected chi connectivity index (χ1v) is 6.53. The number of pyridine rings is 2. The first-order valence-electron chi connectivity index (χ1n) is 6.53. The van der Waals surface area contributed by atoms with E-state index in [-0.39, 0.29) is 0 Å². The van der Waals surface area contributed by atoms with Gasteiger partial charge >= 0.3 is 0 Å². The van der Waals surface area contributed by atoms with E-state index in [4.69, 9.17) is 0 Å². The molecule has 2 aromatic heterocycles. The predicted octanol–water partition coefficient (Wildman–Crippen LogP) is 4.19. The number of hydrogen-bond acceptors (Lipinski definition) is 2. The Morgan fingerprint density at radius 3 is 2.16 bits per heavy atom. The smallest absolute Gasteiger partial charge is 0.0450 e. The summed E-state index contributed by atoms with van der Waals surface area (Å²) < 4.78 is 0. The summed E-state index contributed by atoms with van der Waals surface area (Å²) in [6, 6.07) is 4.22. The van der Waals surface area contributed by atoms with Crippen LogP contribution < -0.4 is 0 Å². The number of nitrogens with zero attached hydrogens (tertiary/aromatic N) is 2. The molecular formula is C17H20N2. The number of aryl methyl sites for hydroxylation is 5. The molecule has 0 N–H and O–H groups in total. The van der Waals surface area contributed by atoms with Crippen LogP contribution in [0.4, 0.5) is 0 Å². The molecule has 2 heterocycles. The van der Waals surface area contributed by atoms with Crippen LogP contribution in [0.15, 0.2) is 18.3 Å². The Morgan fingerprint density at radius 1 is 0.842 bits per heavy atom. The molecule has 0 saturated carbocycles. The minimum Gasteiger partial charge on any atom is -0.261 e. The third-order valence-corrected chi connectivity index (χ3v) is 3.30. The highest BCUT2D eigenvalue weighted by Gasteiger charge is 2.02. The Balaban J connectivity index is 2.38. The molecule has 0 unspecified atom stereocenters. The van der Waals surface area contributed by atoms with Crippen LogP contribution >= 0.6 is 0 Å². The monoisotopic (exact) mass is 252 g/mol. The maximum atomic E-state index is 4.52. The maximum Gasteiger partial charge on any atom is 0.0450 e. The van der Waals surface area contributed by atoms with Crippen molar-refractivity contribution in [1.29, 1.82) is 0 Å². The second-order valence-corrected chi connectivity index (χ2v) is 5.10. The molecule has 2 heteroatoms. The van der Waals surface area contributed by atoms with Gasteiger partial charge in [-0.2, -0.15) is 0 Å². The van der Waals surface area contributed by atoms with Crippen LogP contribution in [0, 0.1) is 34.6 Å². The van der Waals surface area contributed by atoms with E-state index in [2.05, 4.69) is 55.0 Å². The Hall–Kier alpha value is -1.96. The van der Waals surface area contributed by atoms with Gasteiger partial charge in [0, 0.05) is 23.3 Å². The molecule has 0 aliphatic rings. The lowest BCUT2D eigenvalue weighted by Crippen LogP contribution is -1.94. The van der Waals surface area contributed by atoms with Crippen molar-refractivity contribution in [3.05, 3.63) is 57.7 Å². The normalized spacial score (nSPS) is 11.2. The lowest BCUT2D eigenvalue weighted by molar-refractivity contribution is 1.09. The summed E-state index contributed by atoms with van der Waals surface area (Å²) in [6.45, 7) is 10.3. The summed E-state index contributed by atoms with van der Waals surface area (Å²) in [7, 11) is 0. The molecule has 0 aromatic carbocycles. The fourth-order valence-electron chi connectivity index (χ4n) is 2.34. The van der Waals surface area contributed by atoms with Crippen molar-refractivity contribution < 1.29 is 0 Å². The highest BCUT2D eigenvalue weighted by Crippen LogP contribution is 2.18. The minimum absolute atomic E-state index is 1.05. The quantitative estimate of drug-likeness (QED) is 0.801. The number of rotatable bonds is 2. The molecule has 0 fully saturated rings. The summed E-state index contributed by atoms with van der Waals surface area (Å²) in [4.78, 5) is 8.86. The third-order valence-electron chi connectivity index (χ3n) is 3.30. The van der Waals surface area contributed by atoms with Gasteiger partial charge in [0.15, 0.2) is 0 Å². The van der Waals surface area contributed by atoms with E-state index in [1.807, 2.05) is 20.0 Å². The van der Waals surface area contributed by atoms with Gasteiger partial charge in [0.2, 0.25) is 0 Å². The standard InChI is InChI=1S/C17H20N2/c1-11-8-13(3)18-10-16(11)6-7-17-12(2)9-14(4)19-15(17)5/h6-10H,1-5H3/b7-6+. The highest BCUT2D eigenvalue weighted by atomic mass is 14.7. The van der Waals surface area contributed by atoms with E-state index >= 15 is 0 Å². The van der Waals surface area contributed by atoms with Crippen LogP contribution in [0.1, 0.15) is 39.3 Å². The molecule has 19 heavy (non-hydrogen) atoms. The largest absolute Gasteiger partial charge is 0.261 e. The zero-order valence-electron chi connectivity index (χ0n) is 12.3. The first-order chi connectivity index (χ1) is 8.97.